The molecule has 6 rings (SSSR count). The summed E-state index contributed by atoms with van der Waals surface area (Å²) in [6.07, 6.45) is 0. The zero-order chi connectivity index (χ0) is 24.4. The van der Waals surface area contributed by atoms with Crippen LogP contribution in [0, 0.1) is 0 Å². The van der Waals surface area contributed by atoms with Crippen LogP contribution in [0.15, 0.2) is 60.7 Å². The molecule has 4 amide bonds. The minimum atomic E-state index is -0.482. The Bertz CT molecular complexity index is 1620. The highest BCUT2D eigenvalue weighted by Crippen LogP contribution is 2.40. The third-order valence-corrected chi connectivity index (χ3v) is 6.65. The van der Waals surface area contributed by atoms with E-state index >= 15 is 0 Å². The fourth-order valence-corrected chi connectivity index (χ4v) is 5.16. The van der Waals surface area contributed by atoms with Crippen molar-refractivity contribution in [2.45, 2.75) is 13.8 Å². The summed E-state index contributed by atoms with van der Waals surface area (Å²) < 4.78 is 5.67. The van der Waals surface area contributed by atoms with Crippen LogP contribution in [0.5, 0.6) is 5.75 Å². The zero-order valence-electron chi connectivity index (χ0n) is 19.1. The Labute approximate surface area is 200 Å². The number of rotatable bonds is 4. The van der Waals surface area contributed by atoms with Gasteiger partial charge >= 0.3 is 0 Å². The first kappa shape index (κ1) is 21.0. The maximum absolute atomic E-state index is 13.8. The highest BCUT2D eigenvalue weighted by Gasteiger charge is 2.38. The minimum Gasteiger partial charge on any atom is -0.494 e. The zero-order valence-corrected chi connectivity index (χ0v) is 19.1. The largest absolute Gasteiger partial charge is 0.494 e. The quantitative estimate of drug-likeness (QED) is 0.405. The lowest BCUT2D eigenvalue weighted by molar-refractivity contribution is 0.0619. The van der Waals surface area contributed by atoms with E-state index in [1.54, 1.807) is 55.5 Å². The molecule has 35 heavy (non-hydrogen) atoms. The molecule has 0 saturated carbocycles. The number of carbonyl (C=O) groups excluding carboxylic acids is 4. The van der Waals surface area contributed by atoms with Gasteiger partial charge in [-0.25, -0.2) is 4.90 Å². The van der Waals surface area contributed by atoms with E-state index in [9.17, 15) is 19.2 Å². The normalized spacial score (nSPS) is 14.9. The average Bonchev–Trinajstić information content (AvgIpc) is 2.86. The molecule has 7 nitrogen and oxygen atoms in total. The molecule has 2 aliphatic rings. The van der Waals surface area contributed by atoms with Crippen molar-refractivity contribution in [3.05, 3.63) is 82.9 Å². The van der Waals surface area contributed by atoms with Crippen LogP contribution in [-0.4, -0.2) is 41.7 Å². The van der Waals surface area contributed by atoms with E-state index in [1.807, 2.05) is 19.1 Å². The number of hydrogen-bond acceptors (Lipinski definition) is 5. The second-order valence-corrected chi connectivity index (χ2v) is 8.47. The molecule has 0 atom stereocenters. The van der Waals surface area contributed by atoms with Crippen molar-refractivity contribution in [3.8, 4) is 5.75 Å². The van der Waals surface area contributed by atoms with Gasteiger partial charge in [0, 0.05) is 39.4 Å². The second-order valence-electron chi connectivity index (χ2n) is 8.47. The van der Waals surface area contributed by atoms with Crippen molar-refractivity contribution in [2.75, 3.05) is 18.1 Å². The van der Waals surface area contributed by atoms with Gasteiger partial charge in [-0.3, -0.25) is 24.1 Å². The molecule has 2 aliphatic heterocycles. The molecule has 0 radical (unpaired) electrons. The van der Waals surface area contributed by atoms with E-state index in [0.29, 0.717) is 56.5 Å². The number of benzene rings is 4. The van der Waals surface area contributed by atoms with Crippen LogP contribution in [0.3, 0.4) is 0 Å². The van der Waals surface area contributed by atoms with Crippen molar-refractivity contribution < 1.29 is 23.9 Å². The predicted octanol–water partition coefficient (Wildman–Crippen LogP) is 4.81. The van der Waals surface area contributed by atoms with Crippen molar-refractivity contribution in [3.63, 3.8) is 0 Å². The Morgan fingerprint density at radius 2 is 1.34 bits per heavy atom. The highest BCUT2D eigenvalue weighted by atomic mass is 16.5. The van der Waals surface area contributed by atoms with Crippen LogP contribution < -0.4 is 9.64 Å². The second kappa shape index (κ2) is 7.50. The number of hydrogen-bond donors (Lipinski definition) is 0. The van der Waals surface area contributed by atoms with Crippen LogP contribution in [0.4, 0.5) is 5.69 Å². The van der Waals surface area contributed by atoms with Gasteiger partial charge in [0.1, 0.15) is 5.75 Å². The Morgan fingerprint density at radius 1 is 0.686 bits per heavy atom. The lowest BCUT2D eigenvalue weighted by atomic mass is 9.90. The molecule has 0 fully saturated rings. The van der Waals surface area contributed by atoms with E-state index in [0.717, 1.165) is 10.3 Å². The van der Waals surface area contributed by atoms with Crippen LogP contribution in [-0.2, 0) is 0 Å². The van der Waals surface area contributed by atoms with Crippen molar-refractivity contribution in [1.82, 2.24) is 4.90 Å². The fraction of sp³-hybridized carbons (Fsp3) is 0.143. The summed E-state index contributed by atoms with van der Waals surface area (Å²) >= 11 is 0. The minimum absolute atomic E-state index is 0.251. The van der Waals surface area contributed by atoms with E-state index in [-0.39, 0.29) is 18.4 Å². The summed E-state index contributed by atoms with van der Waals surface area (Å²) in [5.74, 6) is -1.17. The number of amides is 4. The number of carbonyl (C=O) groups is 4. The maximum Gasteiger partial charge on any atom is 0.266 e. The van der Waals surface area contributed by atoms with Crippen LogP contribution in [0.1, 0.15) is 55.3 Å². The van der Waals surface area contributed by atoms with E-state index in [2.05, 4.69) is 0 Å². The summed E-state index contributed by atoms with van der Waals surface area (Å²) in [5, 5.41) is 2.29. The van der Waals surface area contributed by atoms with E-state index in [4.69, 9.17) is 4.74 Å². The van der Waals surface area contributed by atoms with E-state index < -0.39 is 11.8 Å². The molecule has 172 valence electrons. The molecule has 7 heteroatoms. The molecular weight excluding hydrogens is 444 g/mol. The average molecular weight is 464 g/mol. The molecule has 0 N–H and O–H groups in total. The number of imide groups is 2. The Kier molecular flexibility index (Phi) is 4.51. The molecule has 0 bridgehead atoms. The van der Waals surface area contributed by atoms with Gasteiger partial charge in [-0.15, -0.1) is 0 Å². The summed E-state index contributed by atoms with van der Waals surface area (Å²) in [6, 6.07) is 17.1. The lowest BCUT2D eigenvalue weighted by Crippen LogP contribution is -2.42. The van der Waals surface area contributed by atoms with Crippen molar-refractivity contribution in [2.24, 2.45) is 0 Å². The third kappa shape index (κ3) is 2.78. The highest BCUT2D eigenvalue weighted by molar-refractivity contribution is 6.38. The van der Waals surface area contributed by atoms with Gasteiger partial charge in [-0.1, -0.05) is 24.3 Å². The SMILES string of the molecule is CCOc1cc2c3c(cccc3c1)C(=O)N(c1ccc3c4c(cccc14)C(=O)N(CC)C3=O)C2=O. The Morgan fingerprint density at radius 3 is 2.06 bits per heavy atom. The van der Waals surface area contributed by atoms with Crippen molar-refractivity contribution >= 4 is 50.9 Å². The number of anilines is 1. The monoisotopic (exact) mass is 464 g/mol. The Balaban J connectivity index is 1.60. The smallest absolute Gasteiger partial charge is 0.266 e. The molecule has 0 aromatic heterocycles. The summed E-state index contributed by atoms with van der Waals surface area (Å²) in [7, 11) is 0. The van der Waals surface area contributed by atoms with Crippen LogP contribution in [0.2, 0.25) is 0 Å². The first-order valence-electron chi connectivity index (χ1n) is 11.5. The maximum atomic E-state index is 13.8. The number of nitrogens with zero attached hydrogens (tertiary/aromatic N) is 2. The third-order valence-electron chi connectivity index (χ3n) is 6.65. The lowest BCUT2D eigenvalue weighted by Gasteiger charge is -2.31. The van der Waals surface area contributed by atoms with E-state index in [1.165, 1.54) is 4.90 Å². The molecule has 4 aromatic rings. The van der Waals surface area contributed by atoms with Gasteiger partial charge in [0.05, 0.1) is 17.9 Å². The van der Waals surface area contributed by atoms with Gasteiger partial charge < -0.3 is 4.74 Å². The summed E-state index contributed by atoms with van der Waals surface area (Å²) in [6.45, 7) is 4.30. The molecule has 2 heterocycles. The van der Waals surface area contributed by atoms with Gasteiger partial charge in [0.2, 0.25) is 0 Å². The number of ether oxygens (including phenoxy) is 1. The van der Waals surface area contributed by atoms with Gasteiger partial charge in [0.15, 0.2) is 0 Å². The molecule has 0 saturated heterocycles. The molecule has 0 aliphatic carbocycles. The van der Waals surface area contributed by atoms with Crippen molar-refractivity contribution in [1.29, 1.82) is 0 Å². The molecule has 0 unspecified atom stereocenters. The molecule has 4 aromatic carbocycles. The molecular formula is C28H20N2O5. The summed E-state index contributed by atoms with van der Waals surface area (Å²) in [5.41, 5.74) is 1.85. The fourth-order valence-electron chi connectivity index (χ4n) is 5.16. The van der Waals surface area contributed by atoms with Crippen LogP contribution in [0.25, 0.3) is 21.5 Å². The first-order valence-corrected chi connectivity index (χ1v) is 11.5. The first-order chi connectivity index (χ1) is 17.0. The predicted molar refractivity (Wildman–Crippen MR) is 131 cm³/mol. The van der Waals surface area contributed by atoms with Gasteiger partial charge in [0.25, 0.3) is 23.6 Å². The molecule has 0 spiro atoms. The standard InChI is InChI=1S/C28H20N2O5/c1-3-29-25(31)19-10-6-8-17-22(12-11-20(24(17)19)26(29)32)30-27(33)18-9-5-7-15-13-16(35-4-2)14-21(23(15)18)28(30)34/h5-14H,3-4H2,1-2H3. The van der Waals surface area contributed by atoms with Gasteiger partial charge in [-0.05, 0) is 55.6 Å². The summed E-state index contributed by atoms with van der Waals surface area (Å²) in [4.78, 5) is 55.8. The van der Waals surface area contributed by atoms with Gasteiger partial charge in [-0.2, -0.15) is 0 Å². The van der Waals surface area contributed by atoms with Crippen LogP contribution >= 0.6 is 0 Å². The Hall–Kier alpha value is -4.52. The topological polar surface area (TPSA) is 84.0 Å².